The van der Waals surface area contributed by atoms with Gasteiger partial charge in [0.25, 0.3) is 0 Å². The summed E-state index contributed by atoms with van der Waals surface area (Å²) < 4.78 is 13.3. The second-order valence-electron chi connectivity index (χ2n) is 7.96. The number of hydrogen-bond donors (Lipinski definition) is 1. The number of methoxy groups -OCH3 is 1. The number of ether oxygens (including phenoxy) is 1. The predicted molar refractivity (Wildman–Crippen MR) is 102 cm³/mol. The SMILES string of the molecule is COc1c2n(cc(C(=O)O)c1=O)C(C(C)(C)C)Cc1c-2oc2ccccc12. The van der Waals surface area contributed by atoms with Crippen LogP contribution in [0.2, 0.25) is 0 Å². The van der Waals surface area contributed by atoms with Gasteiger partial charge in [-0.2, -0.15) is 0 Å². The number of furan rings is 1. The molecule has 0 spiro atoms. The highest BCUT2D eigenvalue weighted by Crippen LogP contribution is 2.48. The molecule has 1 N–H and O–H groups in total. The van der Waals surface area contributed by atoms with Gasteiger partial charge in [-0.05, 0) is 17.9 Å². The number of benzene rings is 1. The van der Waals surface area contributed by atoms with Crippen molar-refractivity contribution in [3.8, 4) is 17.2 Å². The lowest BCUT2D eigenvalue weighted by Gasteiger charge is -2.37. The van der Waals surface area contributed by atoms with E-state index in [1.54, 1.807) is 0 Å². The lowest BCUT2D eigenvalue weighted by molar-refractivity contribution is 0.0693. The fraction of sp³-hybridized carbons (Fsp3) is 0.333. The van der Waals surface area contributed by atoms with Crippen LogP contribution in [0.25, 0.3) is 22.4 Å². The average Bonchev–Trinajstić information content (AvgIpc) is 2.98. The van der Waals surface area contributed by atoms with Gasteiger partial charge in [0, 0.05) is 23.2 Å². The van der Waals surface area contributed by atoms with Crippen LogP contribution in [-0.2, 0) is 6.42 Å². The van der Waals surface area contributed by atoms with Crippen molar-refractivity contribution in [2.75, 3.05) is 7.11 Å². The highest BCUT2D eigenvalue weighted by molar-refractivity contribution is 5.91. The molecule has 0 aliphatic carbocycles. The van der Waals surface area contributed by atoms with Crippen molar-refractivity contribution in [1.82, 2.24) is 4.57 Å². The summed E-state index contributed by atoms with van der Waals surface area (Å²) in [4.78, 5) is 24.4. The molecular formula is C21H21NO5. The molecule has 0 fully saturated rings. The number of para-hydroxylation sites is 1. The first-order valence-corrected chi connectivity index (χ1v) is 8.81. The van der Waals surface area contributed by atoms with Crippen molar-refractivity contribution >= 4 is 16.9 Å². The van der Waals surface area contributed by atoms with Gasteiger partial charge < -0.3 is 18.8 Å². The number of pyridine rings is 1. The number of fused-ring (bicyclic) bond motifs is 5. The second kappa shape index (κ2) is 5.74. The summed E-state index contributed by atoms with van der Waals surface area (Å²) in [6, 6.07) is 7.69. The molecule has 6 heteroatoms. The van der Waals surface area contributed by atoms with E-state index in [1.807, 2.05) is 28.8 Å². The summed E-state index contributed by atoms with van der Waals surface area (Å²) >= 11 is 0. The minimum absolute atomic E-state index is 0.00385. The van der Waals surface area contributed by atoms with Gasteiger partial charge in [0.15, 0.2) is 11.5 Å². The monoisotopic (exact) mass is 367 g/mol. The molecule has 4 rings (SSSR count). The Balaban J connectivity index is 2.16. The summed E-state index contributed by atoms with van der Waals surface area (Å²) in [7, 11) is 1.38. The molecule has 27 heavy (non-hydrogen) atoms. The minimum Gasteiger partial charge on any atom is -0.491 e. The molecule has 140 valence electrons. The van der Waals surface area contributed by atoms with Gasteiger partial charge in [-0.1, -0.05) is 39.0 Å². The summed E-state index contributed by atoms with van der Waals surface area (Å²) in [6.07, 6.45) is 2.10. The topological polar surface area (TPSA) is 81.7 Å². The molecule has 0 amide bonds. The fourth-order valence-corrected chi connectivity index (χ4v) is 3.93. The fourth-order valence-electron chi connectivity index (χ4n) is 3.93. The van der Waals surface area contributed by atoms with E-state index in [9.17, 15) is 14.7 Å². The Hall–Kier alpha value is -3.02. The average molecular weight is 367 g/mol. The molecule has 1 atom stereocenters. The van der Waals surface area contributed by atoms with Crippen molar-refractivity contribution < 1.29 is 19.1 Å². The number of rotatable bonds is 2. The first kappa shape index (κ1) is 17.4. The maximum absolute atomic E-state index is 12.7. The Bertz CT molecular complexity index is 1130. The third-order valence-electron chi connectivity index (χ3n) is 5.27. The van der Waals surface area contributed by atoms with Crippen LogP contribution < -0.4 is 10.2 Å². The van der Waals surface area contributed by atoms with E-state index in [-0.39, 0.29) is 22.8 Å². The first-order chi connectivity index (χ1) is 12.7. The first-order valence-electron chi connectivity index (χ1n) is 8.81. The number of hydrogen-bond acceptors (Lipinski definition) is 4. The van der Waals surface area contributed by atoms with Crippen LogP contribution in [0.3, 0.4) is 0 Å². The molecule has 0 bridgehead atoms. The molecule has 0 radical (unpaired) electrons. The minimum atomic E-state index is -1.27. The third-order valence-corrected chi connectivity index (χ3v) is 5.27. The van der Waals surface area contributed by atoms with Crippen LogP contribution >= 0.6 is 0 Å². The highest BCUT2D eigenvalue weighted by Gasteiger charge is 2.38. The van der Waals surface area contributed by atoms with Crippen LogP contribution in [0.1, 0.15) is 42.7 Å². The molecule has 0 saturated heterocycles. The Morgan fingerprint density at radius 2 is 2.00 bits per heavy atom. The van der Waals surface area contributed by atoms with Crippen molar-refractivity contribution in [3.63, 3.8) is 0 Å². The maximum Gasteiger partial charge on any atom is 0.341 e. The summed E-state index contributed by atoms with van der Waals surface area (Å²) in [6.45, 7) is 6.29. The van der Waals surface area contributed by atoms with Crippen molar-refractivity contribution in [1.29, 1.82) is 0 Å². The van der Waals surface area contributed by atoms with Gasteiger partial charge in [0.1, 0.15) is 16.8 Å². The Kier molecular flexibility index (Phi) is 3.70. The third kappa shape index (κ3) is 2.47. The van der Waals surface area contributed by atoms with Crippen LogP contribution in [0.4, 0.5) is 0 Å². The van der Waals surface area contributed by atoms with Gasteiger partial charge in [-0.3, -0.25) is 4.79 Å². The molecule has 3 aromatic rings. The van der Waals surface area contributed by atoms with E-state index in [4.69, 9.17) is 9.15 Å². The zero-order valence-electron chi connectivity index (χ0n) is 15.7. The summed E-state index contributed by atoms with van der Waals surface area (Å²) in [5.41, 5.74) is 1.14. The van der Waals surface area contributed by atoms with E-state index >= 15 is 0 Å². The van der Waals surface area contributed by atoms with Gasteiger partial charge in [-0.25, -0.2) is 4.79 Å². The molecular weight excluding hydrogens is 346 g/mol. The molecule has 0 saturated carbocycles. The lowest BCUT2D eigenvalue weighted by Crippen LogP contribution is -2.33. The van der Waals surface area contributed by atoms with E-state index in [1.165, 1.54) is 13.3 Å². The van der Waals surface area contributed by atoms with Crippen LogP contribution in [0.5, 0.6) is 5.75 Å². The van der Waals surface area contributed by atoms with E-state index in [2.05, 4.69) is 20.8 Å². The number of carbonyl (C=O) groups is 1. The zero-order chi connectivity index (χ0) is 19.5. The van der Waals surface area contributed by atoms with E-state index in [0.717, 1.165) is 16.5 Å². The molecule has 2 aromatic heterocycles. The largest absolute Gasteiger partial charge is 0.491 e. The Morgan fingerprint density at radius 1 is 1.30 bits per heavy atom. The van der Waals surface area contributed by atoms with Gasteiger partial charge in [0.2, 0.25) is 5.43 Å². The smallest absolute Gasteiger partial charge is 0.341 e. The number of aromatic carboxylic acids is 1. The highest BCUT2D eigenvalue weighted by atomic mass is 16.5. The zero-order valence-corrected chi connectivity index (χ0v) is 15.7. The maximum atomic E-state index is 12.7. The predicted octanol–water partition coefficient (Wildman–Crippen LogP) is 4.11. The van der Waals surface area contributed by atoms with Crippen molar-refractivity contribution in [3.05, 3.63) is 51.8 Å². The Labute approximate surface area is 156 Å². The van der Waals surface area contributed by atoms with Crippen LogP contribution in [0.15, 0.2) is 39.7 Å². The Morgan fingerprint density at radius 3 is 2.63 bits per heavy atom. The normalized spacial score (nSPS) is 16.1. The summed E-state index contributed by atoms with van der Waals surface area (Å²) in [5.74, 6) is -0.691. The molecule has 1 aliphatic heterocycles. The van der Waals surface area contributed by atoms with Crippen LogP contribution in [-0.4, -0.2) is 22.8 Å². The van der Waals surface area contributed by atoms with Crippen LogP contribution in [0, 0.1) is 5.41 Å². The number of carboxylic acids is 1. The van der Waals surface area contributed by atoms with Gasteiger partial charge in [-0.15, -0.1) is 0 Å². The second-order valence-corrected chi connectivity index (χ2v) is 7.96. The molecule has 1 aromatic carbocycles. The molecule has 1 unspecified atom stereocenters. The van der Waals surface area contributed by atoms with E-state index < -0.39 is 11.4 Å². The number of nitrogens with zero attached hydrogens (tertiary/aromatic N) is 1. The number of aromatic nitrogens is 1. The molecule has 1 aliphatic rings. The van der Waals surface area contributed by atoms with Crippen molar-refractivity contribution in [2.24, 2.45) is 5.41 Å². The molecule has 6 nitrogen and oxygen atoms in total. The lowest BCUT2D eigenvalue weighted by atomic mass is 9.79. The summed E-state index contributed by atoms with van der Waals surface area (Å²) in [5, 5.41) is 10.5. The van der Waals surface area contributed by atoms with Gasteiger partial charge >= 0.3 is 5.97 Å². The van der Waals surface area contributed by atoms with Crippen molar-refractivity contribution in [2.45, 2.75) is 33.2 Å². The standard InChI is InChI=1S/C21H21NO5/c1-21(2,3)15-9-12-11-7-5-6-8-14(11)27-18(12)16-19(26-4)17(23)13(20(24)25)10-22(15)16/h5-8,10,15H,9H2,1-4H3,(H,24,25). The van der Waals surface area contributed by atoms with Gasteiger partial charge in [0.05, 0.1) is 7.11 Å². The van der Waals surface area contributed by atoms with E-state index in [0.29, 0.717) is 17.9 Å². The quantitative estimate of drug-likeness (QED) is 0.737. The number of carboxylic acid groups (broad SMARTS) is 1. The molecule has 3 heterocycles.